The standard InChI is InChI=1S/C19H18N6O2/c26-18-15-8-2-3-9-16(15)19(27)24(18)11-4-1-5-12-25-22-17(21-23-25)14-7-6-10-20-13-14/h2-3,6-10,13H,1,4-5,11-12H2. The third-order valence-corrected chi connectivity index (χ3v) is 4.49. The van der Waals surface area contributed by atoms with Crippen LogP contribution in [0, 0.1) is 0 Å². The number of amides is 2. The van der Waals surface area contributed by atoms with Crippen molar-refractivity contribution in [2.45, 2.75) is 25.8 Å². The number of pyridine rings is 1. The van der Waals surface area contributed by atoms with Gasteiger partial charge >= 0.3 is 0 Å². The Morgan fingerprint density at radius 3 is 2.30 bits per heavy atom. The Hall–Kier alpha value is -3.42. The van der Waals surface area contributed by atoms with Crippen molar-refractivity contribution in [3.8, 4) is 11.4 Å². The zero-order valence-electron chi connectivity index (χ0n) is 14.7. The molecule has 0 spiro atoms. The first-order chi connectivity index (χ1) is 13.2. The summed E-state index contributed by atoms with van der Waals surface area (Å²) in [4.78, 5) is 31.5. The molecule has 1 aliphatic heterocycles. The van der Waals surface area contributed by atoms with Crippen molar-refractivity contribution in [1.29, 1.82) is 0 Å². The number of hydrogen-bond acceptors (Lipinski definition) is 6. The van der Waals surface area contributed by atoms with E-state index in [0.717, 1.165) is 24.8 Å². The van der Waals surface area contributed by atoms with Gasteiger partial charge in [-0.05, 0) is 48.7 Å². The van der Waals surface area contributed by atoms with Crippen LogP contribution >= 0.6 is 0 Å². The smallest absolute Gasteiger partial charge is 0.261 e. The first-order valence-electron chi connectivity index (χ1n) is 8.87. The van der Waals surface area contributed by atoms with Gasteiger partial charge in [0.2, 0.25) is 5.82 Å². The van der Waals surface area contributed by atoms with Crippen LogP contribution in [0.2, 0.25) is 0 Å². The summed E-state index contributed by atoms with van der Waals surface area (Å²) in [5.41, 5.74) is 1.82. The minimum absolute atomic E-state index is 0.199. The number of carbonyl (C=O) groups is 2. The molecule has 8 heteroatoms. The van der Waals surface area contributed by atoms with Crippen molar-refractivity contribution in [3.05, 3.63) is 59.9 Å². The molecule has 0 saturated heterocycles. The monoisotopic (exact) mass is 362 g/mol. The van der Waals surface area contributed by atoms with Gasteiger partial charge in [0.15, 0.2) is 0 Å². The first-order valence-corrected chi connectivity index (χ1v) is 8.87. The predicted octanol–water partition coefficient (Wildman–Crippen LogP) is 2.20. The van der Waals surface area contributed by atoms with Crippen LogP contribution in [0.3, 0.4) is 0 Å². The Morgan fingerprint density at radius 2 is 1.59 bits per heavy atom. The number of fused-ring (bicyclic) bond motifs is 1. The maximum atomic E-state index is 12.3. The maximum Gasteiger partial charge on any atom is 0.261 e. The van der Waals surface area contributed by atoms with E-state index in [1.54, 1.807) is 41.5 Å². The van der Waals surface area contributed by atoms with Gasteiger partial charge in [0, 0.05) is 24.5 Å². The second-order valence-corrected chi connectivity index (χ2v) is 6.32. The lowest BCUT2D eigenvalue weighted by molar-refractivity contribution is 0.0651. The summed E-state index contributed by atoms with van der Waals surface area (Å²) < 4.78 is 0. The molecular formula is C19H18N6O2. The second kappa shape index (κ2) is 7.45. The average Bonchev–Trinajstić information content (AvgIpc) is 3.27. The molecule has 1 aliphatic rings. The number of aryl methyl sites for hydroxylation is 1. The number of tetrazole rings is 1. The summed E-state index contributed by atoms with van der Waals surface area (Å²) in [6.07, 6.45) is 5.84. The van der Waals surface area contributed by atoms with E-state index in [0.29, 0.717) is 30.0 Å². The molecule has 0 saturated carbocycles. The molecule has 136 valence electrons. The Kier molecular flexibility index (Phi) is 4.69. The SMILES string of the molecule is O=C1c2ccccc2C(=O)N1CCCCCn1nnc(-c2cccnc2)n1. The molecule has 3 heterocycles. The fourth-order valence-corrected chi connectivity index (χ4v) is 3.09. The van der Waals surface area contributed by atoms with Gasteiger partial charge in [-0.1, -0.05) is 12.1 Å². The highest BCUT2D eigenvalue weighted by atomic mass is 16.2. The van der Waals surface area contributed by atoms with E-state index in [4.69, 9.17) is 0 Å². The number of hydrogen-bond donors (Lipinski definition) is 0. The summed E-state index contributed by atoms with van der Waals surface area (Å²) in [6.45, 7) is 1.06. The highest BCUT2D eigenvalue weighted by molar-refractivity contribution is 6.21. The third kappa shape index (κ3) is 3.46. The number of imide groups is 1. The average molecular weight is 362 g/mol. The second-order valence-electron chi connectivity index (χ2n) is 6.32. The Bertz CT molecular complexity index is 934. The molecular weight excluding hydrogens is 344 g/mol. The number of aromatic nitrogens is 5. The van der Waals surface area contributed by atoms with E-state index < -0.39 is 0 Å². The third-order valence-electron chi connectivity index (χ3n) is 4.49. The van der Waals surface area contributed by atoms with E-state index in [2.05, 4.69) is 20.4 Å². The van der Waals surface area contributed by atoms with Crippen molar-refractivity contribution in [2.24, 2.45) is 0 Å². The van der Waals surface area contributed by atoms with Crippen LogP contribution in [0.25, 0.3) is 11.4 Å². The van der Waals surface area contributed by atoms with Gasteiger partial charge in [-0.2, -0.15) is 4.80 Å². The minimum Gasteiger partial charge on any atom is -0.274 e. The van der Waals surface area contributed by atoms with Gasteiger partial charge in [0.1, 0.15) is 0 Å². The summed E-state index contributed by atoms with van der Waals surface area (Å²) in [6, 6.07) is 10.7. The van der Waals surface area contributed by atoms with E-state index in [9.17, 15) is 9.59 Å². The van der Waals surface area contributed by atoms with Crippen LogP contribution in [0.4, 0.5) is 0 Å². The fraction of sp³-hybridized carbons (Fsp3) is 0.263. The Balaban J connectivity index is 1.24. The molecule has 8 nitrogen and oxygen atoms in total. The van der Waals surface area contributed by atoms with Crippen LogP contribution in [0.15, 0.2) is 48.8 Å². The lowest BCUT2D eigenvalue weighted by atomic mass is 10.1. The van der Waals surface area contributed by atoms with Crippen LogP contribution in [-0.4, -0.2) is 48.5 Å². The number of benzene rings is 1. The fourth-order valence-electron chi connectivity index (χ4n) is 3.09. The lowest BCUT2D eigenvalue weighted by Crippen LogP contribution is -2.30. The molecule has 4 rings (SSSR count). The molecule has 0 aliphatic carbocycles. The molecule has 0 radical (unpaired) electrons. The van der Waals surface area contributed by atoms with Crippen LogP contribution < -0.4 is 0 Å². The lowest BCUT2D eigenvalue weighted by Gasteiger charge is -2.13. The van der Waals surface area contributed by atoms with Gasteiger partial charge in [-0.3, -0.25) is 19.5 Å². The van der Waals surface area contributed by atoms with Crippen LogP contribution in [0.1, 0.15) is 40.0 Å². The van der Waals surface area contributed by atoms with Crippen LogP contribution in [0.5, 0.6) is 0 Å². The van der Waals surface area contributed by atoms with Gasteiger partial charge in [-0.25, -0.2) is 0 Å². The number of unbranched alkanes of at least 4 members (excludes halogenated alkanes) is 2. The molecule has 0 N–H and O–H groups in total. The zero-order chi connectivity index (χ0) is 18.6. The van der Waals surface area contributed by atoms with E-state index >= 15 is 0 Å². The van der Waals surface area contributed by atoms with E-state index in [1.165, 1.54) is 4.90 Å². The summed E-state index contributed by atoms with van der Waals surface area (Å²) >= 11 is 0. The van der Waals surface area contributed by atoms with E-state index in [1.807, 2.05) is 12.1 Å². The van der Waals surface area contributed by atoms with Crippen molar-refractivity contribution in [2.75, 3.05) is 6.54 Å². The van der Waals surface area contributed by atoms with Gasteiger partial charge in [0.25, 0.3) is 11.8 Å². The largest absolute Gasteiger partial charge is 0.274 e. The van der Waals surface area contributed by atoms with Gasteiger partial charge < -0.3 is 0 Å². The Labute approximate surface area is 155 Å². The summed E-state index contributed by atoms with van der Waals surface area (Å²) in [5.74, 6) is 0.151. The number of carbonyl (C=O) groups excluding carboxylic acids is 2. The van der Waals surface area contributed by atoms with Crippen molar-refractivity contribution in [1.82, 2.24) is 30.1 Å². The topological polar surface area (TPSA) is 93.9 Å². The quantitative estimate of drug-likeness (QED) is 0.472. The molecule has 2 aromatic heterocycles. The normalized spacial score (nSPS) is 13.3. The Morgan fingerprint density at radius 1 is 0.852 bits per heavy atom. The summed E-state index contributed by atoms with van der Waals surface area (Å²) in [5, 5.41) is 12.4. The number of nitrogens with zero attached hydrogens (tertiary/aromatic N) is 6. The molecule has 3 aromatic rings. The predicted molar refractivity (Wildman–Crippen MR) is 96.7 cm³/mol. The van der Waals surface area contributed by atoms with Crippen molar-refractivity contribution < 1.29 is 9.59 Å². The first kappa shape index (κ1) is 17.0. The molecule has 1 aromatic carbocycles. The summed E-state index contributed by atoms with van der Waals surface area (Å²) in [7, 11) is 0. The van der Waals surface area contributed by atoms with E-state index in [-0.39, 0.29) is 11.8 Å². The zero-order valence-corrected chi connectivity index (χ0v) is 14.7. The van der Waals surface area contributed by atoms with Crippen LogP contribution in [-0.2, 0) is 6.54 Å². The van der Waals surface area contributed by atoms with Crippen molar-refractivity contribution >= 4 is 11.8 Å². The highest BCUT2D eigenvalue weighted by Gasteiger charge is 2.34. The number of rotatable bonds is 7. The van der Waals surface area contributed by atoms with Gasteiger partial charge in [-0.15, -0.1) is 10.2 Å². The molecule has 0 unspecified atom stereocenters. The molecule has 0 atom stereocenters. The molecule has 0 bridgehead atoms. The maximum absolute atomic E-state index is 12.3. The molecule has 2 amide bonds. The minimum atomic E-state index is -0.199. The molecule has 0 fully saturated rings. The highest BCUT2D eigenvalue weighted by Crippen LogP contribution is 2.22. The van der Waals surface area contributed by atoms with Gasteiger partial charge in [0.05, 0.1) is 17.7 Å². The van der Waals surface area contributed by atoms with Crippen molar-refractivity contribution in [3.63, 3.8) is 0 Å². The molecule has 27 heavy (non-hydrogen) atoms.